The SMILES string of the molecule is CCOc1ccc(Cl)cc1/C=N/NC(=O)c1ccc(OCc2ccccc2)c(OC)c1. The van der Waals surface area contributed by atoms with Crippen molar-refractivity contribution < 1.29 is 19.0 Å². The predicted molar refractivity (Wildman–Crippen MR) is 121 cm³/mol. The summed E-state index contributed by atoms with van der Waals surface area (Å²) >= 11 is 6.04. The first-order valence-electron chi connectivity index (χ1n) is 9.71. The Morgan fingerprint density at radius 3 is 2.52 bits per heavy atom. The van der Waals surface area contributed by atoms with Gasteiger partial charge in [-0.3, -0.25) is 4.79 Å². The first-order valence-corrected chi connectivity index (χ1v) is 10.1. The molecule has 0 atom stereocenters. The molecule has 7 heteroatoms. The Labute approximate surface area is 186 Å². The van der Waals surface area contributed by atoms with Crippen LogP contribution in [-0.2, 0) is 6.61 Å². The van der Waals surface area contributed by atoms with Crippen LogP contribution in [0.4, 0.5) is 0 Å². The molecule has 31 heavy (non-hydrogen) atoms. The molecule has 3 aromatic carbocycles. The molecular weight excluding hydrogens is 416 g/mol. The van der Waals surface area contributed by atoms with E-state index in [0.29, 0.717) is 46.6 Å². The summed E-state index contributed by atoms with van der Waals surface area (Å²) in [7, 11) is 1.53. The molecule has 0 aliphatic carbocycles. The molecule has 6 nitrogen and oxygen atoms in total. The summed E-state index contributed by atoms with van der Waals surface area (Å²) in [5.41, 5.74) is 4.59. The van der Waals surface area contributed by atoms with E-state index in [-0.39, 0.29) is 5.91 Å². The van der Waals surface area contributed by atoms with Crippen molar-refractivity contribution in [3.8, 4) is 17.2 Å². The number of amides is 1. The smallest absolute Gasteiger partial charge is 0.271 e. The van der Waals surface area contributed by atoms with E-state index in [4.69, 9.17) is 25.8 Å². The maximum absolute atomic E-state index is 12.5. The van der Waals surface area contributed by atoms with E-state index in [1.807, 2.05) is 37.3 Å². The largest absolute Gasteiger partial charge is 0.493 e. The number of hydrogen-bond donors (Lipinski definition) is 1. The van der Waals surface area contributed by atoms with Gasteiger partial charge in [0.2, 0.25) is 0 Å². The van der Waals surface area contributed by atoms with Gasteiger partial charge in [-0.2, -0.15) is 5.10 Å². The van der Waals surface area contributed by atoms with Gasteiger partial charge in [0, 0.05) is 16.1 Å². The first-order chi connectivity index (χ1) is 15.1. The molecule has 1 amide bonds. The molecule has 0 heterocycles. The molecule has 0 aliphatic heterocycles. The Bertz CT molecular complexity index is 1050. The fourth-order valence-corrected chi connectivity index (χ4v) is 2.98. The highest BCUT2D eigenvalue weighted by Gasteiger charge is 2.11. The molecule has 3 rings (SSSR count). The van der Waals surface area contributed by atoms with Crippen LogP contribution in [0, 0.1) is 0 Å². The van der Waals surface area contributed by atoms with Crippen molar-refractivity contribution in [2.45, 2.75) is 13.5 Å². The van der Waals surface area contributed by atoms with Crippen LogP contribution in [-0.4, -0.2) is 25.8 Å². The van der Waals surface area contributed by atoms with Crippen LogP contribution in [0.5, 0.6) is 17.2 Å². The Hall–Kier alpha value is -3.51. The Morgan fingerprint density at radius 2 is 1.77 bits per heavy atom. The van der Waals surface area contributed by atoms with Gasteiger partial charge in [0.05, 0.1) is 19.9 Å². The number of nitrogens with zero attached hydrogens (tertiary/aromatic N) is 1. The van der Waals surface area contributed by atoms with Crippen LogP contribution in [0.2, 0.25) is 5.02 Å². The summed E-state index contributed by atoms with van der Waals surface area (Å²) in [6.45, 7) is 2.79. The lowest BCUT2D eigenvalue weighted by molar-refractivity contribution is 0.0954. The van der Waals surface area contributed by atoms with E-state index in [1.54, 1.807) is 36.4 Å². The van der Waals surface area contributed by atoms with Gasteiger partial charge in [0.25, 0.3) is 5.91 Å². The fourth-order valence-electron chi connectivity index (χ4n) is 2.80. The number of carbonyl (C=O) groups excluding carboxylic acids is 1. The summed E-state index contributed by atoms with van der Waals surface area (Å²) in [6.07, 6.45) is 1.49. The van der Waals surface area contributed by atoms with Crippen molar-refractivity contribution >= 4 is 23.7 Å². The number of hydrogen-bond acceptors (Lipinski definition) is 5. The van der Waals surface area contributed by atoms with Crippen LogP contribution in [0.25, 0.3) is 0 Å². The number of hydrazone groups is 1. The second kappa shape index (κ2) is 11.0. The second-order valence-electron chi connectivity index (χ2n) is 6.45. The Kier molecular flexibility index (Phi) is 7.90. The number of rotatable bonds is 9. The highest BCUT2D eigenvalue weighted by Crippen LogP contribution is 2.29. The van der Waals surface area contributed by atoms with Crippen LogP contribution < -0.4 is 19.6 Å². The normalized spacial score (nSPS) is 10.7. The zero-order chi connectivity index (χ0) is 22.1. The van der Waals surface area contributed by atoms with Gasteiger partial charge in [-0.25, -0.2) is 5.43 Å². The summed E-state index contributed by atoms with van der Waals surface area (Å²) in [4.78, 5) is 12.5. The Balaban J connectivity index is 1.66. The van der Waals surface area contributed by atoms with E-state index >= 15 is 0 Å². The number of halogens is 1. The van der Waals surface area contributed by atoms with Crippen molar-refractivity contribution in [1.29, 1.82) is 0 Å². The number of methoxy groups -OCH3 is 1. The summed E-state index contributed by atoms with van der Waals surface area (Å²) in [6, 6.07) is 20.0. The minimum absolute atomic E-state index is 0.385. The first kappa shape index (κ1) is 22.2. The highest BCUT2D eigenvalue weighted by molar-refractivity contribution is 6.30. The molecular formula is C24H23ClN2O4. The average molecular weight is 439 g/mol. The second-order valence-corrected chi connectivity index (χ2v) is 6.89. The van der Waals surface area contributed by atoms with Gasteiger partial charge in [-0.15, -0.1) is 0 Å². The molecule has 3 aromatic rings. The molecule has 0 saturated carbocycles. The lowest BCUT2D eigenvalue weighted by Gasteiger charge is -2.12. The summed E-state index contributed by atoms with van der Waals surface area (Å²) in [5.74, 6) is 1.25. The van der Waals surface area contributed by atoms with Gasteiger partial charge in [0.1, 0.15) is 12.4 Å². The van der Waals surface area contributed by atoms with Gasteiger partial charge in [-0.1, -0.05) is 41.9 Å². The quantitative estimate of drug-likeness (QED) is 0.373. The van der Waals surface area contributed by atoms with Crippen molar-refractivity contribution in [1.82, 2.24) is 5.43 Å². The van der Waals surface area contributed by atoms with E-state index in [0.717, 1.165) is 5.56 Å². The average Bonchev–Trinajstić information content (AvgIpc) is 2.80. The zero-order valence-corrected chi connectivity index (χ0v) is 18.1. The number of nitrogens with one attached hydrogen (secondary N) is 1. The molecule has 0 radical (unpaired) electrons. The Morgan fingerprint density at radius 1 is 1.00 bits per heavy atom. The molecule has 1 N–H and O–H groups in total. The number of carbonyl (C=O) groups is 1. The molecule has 0 fully saturated rings. The highest BCUT2D eigenvalue weighted by atomic mass is 35.5. The molecule has 160 valence electrons. The van der Waals surface area contributed by atoms with Crippen LogP contribution in [0.15, 0.2) is 71.8 Å². The van der Waals surface area contributed by atoms with Crippen LogP contribution in [0.3, 0.4) is 0 Å². The lowest BCUT2D eigenvalue weighted by Crippen LogP contribution is -2.17. The van der Waals surface area contributed by atoms with Crippen LogP contribution in [0.1, 0.15) is 28.4 Å². The standard InChI is InChI=1S/C24H23ClN2O4/c1-3-30-21-12-10-20(25)13-19(21)15-26-27-24(28)18-9-11-22(23(14-18)29-2)31-16-17-7-5-4-6-8-17/h4-15H,3,16H2,1-2H3,(H,27,28)/b26-15+. The van der Waals surface area contributed by atoms with E-state index in [1.165, 1.54) is 13.3 Å². The molecule has 0 spiro atoms. The summed E-state index contributed by atoms with van der Waals surface area (Å²) in [5, 5.41) is 4.57. The molecule has 0 unspecified atom stereocenters. The van der Waals surface area contributed by atoms with Crippen molar-refractivity contribution in [2.75, 3.05) is 13.7 Å². The van der Waals surface area contributed by atoms with E-state index < -0.39 is 0 Å². The number of ether oxygens (including phenoxy) is 3. The molecule has 0 aliphatic rings. The van der Waals surface area contributed by atoms with Crippen molar-refractivity contribution in [3.63, 3.8) is 0 Å². The van der Waals surface area contributed by atoms with Crippen molar-refractivity contribution in [3.05, 3.63) is 88.4 Å². The number of benzene rings is 3. The minimum Gasteiger partial charge on any atom is -0.493 e. The van der Waals surface area contributed by atoms with Gasteiger partial charge in [0.15, 0.2) is 11.5 Å². The van der Waals surface area contributed by atoms with Gasteiger partial charge < -0.3 is 14.2 Å². The summed E-state index contributed by atoms with van der Waals surface area (Å²) < 4.78 is 16.7. The third-order valence-corrected chi connectivity index (χ3v) is 4.54. The van der Waals surface area contributed by atoms with E-state index in [2.05, 4.69) is 10.5 Å². The molecule has 0 aromatic heterocycles. The van der Waals surface area contributed by atoms with E-state index in [9.17, 15) is 4.79 Å². The van der Waals surface area contributed by atoms with Gasteiger partial charge in [-0.05, 0) is 48.9 Å². The minimum atomic E-state index is -0.385. The molecule has 0 bridgehead atoms. The van der Waals surface area contributed by atoms with Crippen molar-refractivity contribution in [2.24, 2.45) is 5.10 Å². The topological polar surface area (TPSA) is 69.2 Å². The fraction of sp³-hybridized carbons (Fsp3) is 0.167. The maximum atomic E-state index is 12.5. The van der Waals surface area contributed by atoms with Gasteiger partial charge >= 0.3 is 0 Å². The maximum Gasteiger partial charge on any atom is 0.271 e. The lowest BCUT2D eigenvalue weighted by atomic mass is 10.2. The predicted octanol–water partition coefficient (Wildman–Crippen LogP) is 5.09. The third-order valence-electron chi connectivity index (χ3n) is 4.30. The van der Waals surface area contributed by atoms with Crippen LogP contribution >= 0.6 is 11.6 Å². The monoisotopic (exact) mass is 438 g/mol. The zero-order valence-electron chi connectivity index (χ0n) is 17.3. The molecule has 0 saturated heterocycles. The third kappa shape index (κ3) is 6.23.